The van der Waals surface area contributed by atoms with E-state index in [1.54, 1.807) is 0 Å². The molecule has 0 N–H and O–H groups in total. The molecule has 0 unspecified atom stereocenters. The smallest absolute Gasteiger partial charge is 0.0808 e. The summed E-state index contributed by atoms with van der Waals surface area (Å²) < 4.78 is 6.11. The third-order valence-corrected chi connectivity index (χ3v) is 3.75. The first-order chi connectivity index (χ1) is 8.72. The maximum absolute atomic E-state index is 6.11. The second-order valence-corrected chi connectivity index (χ2v) is 7.09. The molecule has 1 fully saturated rings. The van der Waals surface area contributed by atoms with Gasteiger partial charge in [0.05, 0.1) is 11.2 Å². The highest BCUT2D eigenvalue weighted by atomic mass is 35.5. The molecule has 0 aromatic heterocycles. The Labute approximate surface area is 125 Å². The number of alkyl halides is 1. The van der Waals surface area contributed by atoms with E-state index >= 15 is 0 Å². The van der Waals surface area contributed by atoms with E-state index < -0.39 is 0 Å². The minimum absolute atomic E-state index is 0.176. The minimum atomic E-state index is -0.176. The molecule has 0 spiro atoms. The molecule has 0 saturated carbocycles. The van der Waals surface area contributed by atoms with E-state index in [-0.39, 0.29) is 11.2 Å². The minimum Gasteiger partial charge on any atom is -0.366 e. The van der Waals surface area contributed by atoms with Gasteiger partial charge in [0.15, 0.2) is 0 Å². The Morgan fingerprint density at radius 1 is 1.16 bits per heavy atom. The Bertz CT molecular complexity index is 455. The van der Waals surface area contributed by atoms with Crippen molar-refractivity contribution in [2.75, 3.05) is 18.0 Å². The van der Waals surface area contributed by atoms with Crippen molar-refractivity contribution in [2.45, 2.75) is 44.8 Å². The number of ether oxygens (including phenoxy) is 1. The van der Waals surface area contributed by atoms with Crippen LogP contribution >= 0.6 is 23.2 Å². The Morgan fingerprint density at radius 3 is 2.26 bits per heavy atom. The van der Waals surface area contributed by atoms with Crippen molar-refractivity contribution in [1.82, 2.24) is 0 Å². The molecule has 0 amide bonds. The van der Waals surface area contributed by atoms with Gasteiger partial charge in [-0.3, -0.25) is 0 Å². The van der Waals surface area contributed by atoms with Gasteiger partial charge in [0.2, 0.25) is 0 Å². The van der Waals surface area contributed by atoms with Crippen LogP contribution in [0, 0.1) is 0 Å². The molecular weight excluding hydrogens is 281 g/mol. The van der Waals surface area contributed by atoms with Gasteiger partial charge in [-0.25, -0.2) is 0 Å². The predicted molar refractivity (Wildman–Crippen MR) is 82.5 cm³/mol. The summed E-state index contributed by atoms with van der Waals surface area (Å²) >= 11 is 12.1. The molecule has 0 aliphatic carbocycles. The quantitative estimate of drug-likeness (QED) is 0.747. The van der Waals surface area contributed by atoms with Gasteiger partial charge in [0.1, 0.15) is 0 Å². The fourth-order valence-electron chi connectivity index (χ4n) is 2.93. The van der Waals surface area contributed by atoms with Crippen LogP contribution in [0.1, 0.15) is 33.3 Å². The maximum Gasteiger partial charge on any atom is 0.0808 e. The Balaban J connectivity index is 2.35. The van der Waals surface area contributed by atoms with Crippen molar-refractivity contribution < 1.29 is 4.74 Å². The Hall–Kier alpha value is -0.440. The van der Waals surface area contributed by atoms with Crippen LogP contribution in [0.25, 0.3) is 0 Å². The van der Waals surface area contributed by atoms with Crippen LogP contribution in [-0.2, 0) is 10.6 Å². The molecule has 2 rings (SSSR count). The maximum atomic E-state index is 6.11. The van der Waals surface area contributed by atoms with Crippen LogP contribution in [0.15, 0.2) is 18.2 Å². The van der Waals surface area contributed by atoms with Crippen LogP contribution in [0.4, 0.5) is 5.69 Å². The van der Waals surface area contributed by atoms with Crippen molar-refractivity contribution in [1.29, 1.82) is 0 Å². The number of morpholine rings is 1. The third kappa shape index (κ3) is 3.56. The van der Waals surface area contributed by atoms with Crippen LogP contribution in [0.5, 0.6) is 0 Å². The number of hydrogen-bond donors (Lipinski definition) is 0. The summed E-state index contributed by atoms with van der Waals surface area (Å²) in [6.07, 6.45) is 0. The van der Waals surface area contributed by atoms with E-state index in [1.165, 1.54) is 0 Å². The number of hydrogen-bond acceptors (Lipinski definition) is 2. The number of halogens is 2. The van der Waals surface area contributed by atoms with E-state index in [4.69, 9.17) is 27.9 Å². The lowest BCUT2D eigenvalue weighted by atomic mass is 9.97. The molecule has 1 saturated heterocycles. The van der Waals surface area contributed by atoms with Gasteiger partial charge >= 0.3 is 0 Å². The van der Waals surface area contributed by atoms with Crippen molar-refractivity contribution in [3.05, 3.63) is 28.8 Å². The molecule has 2 nitrogen and oxygen atoms in total. The monoisotopic (exact) mass is 301 g/mol. The van der Waals surface area contributed by atoms with Gasteiger partial charge in [-0.15, -0.1) is 11.6 Å². The summed E-state index contributed by atoms with van der Waals surface area (Å²) in [5, 5.41) is 0.728. The number of nitrogens with zero attached hydrogens (tertiary/aromatic N) is 1. The molecule has 19 heavy (non-hydrogen) atoms. The molecule has 1 aromatic rings. The van der Waals surface area contributed by atoms with E-state index in [9.17, 15) is 0 Å². The number of anilines is 1. The average molecular weight is 302 g/mol. The second kappa shape index (κ2) is 5.16. The summed E-state index contributed by atoms with van der Waals surface area (Å²) in [6.45, 7) is 10.2. The summed E-state index contributed by atoms with van der Waals surface area (Å²) in [4.78, 5) is 2.34. The molecule has 0 atom stereocenters. The van der Waals surface area contributed by atoms with Gasteiger partial charge < -0.3 is 9.64 Å². The lowest BCUT2D eigenvalue weighted by molar-refractivity contribution is -0.133. The summed E-state index contributed by atoms with van der Waals surface area (Å²) in [7, 11) is 0. The summed E-state index contributed by atoms with van der Waals surface area (Å²) in [5.74, 6) is 0.466. The van der Waals surface area contributed by atoms with Gasteiger partial charge in [-0.2, -0.15) is 0 Å². The molecule has 1 aromatic carbocycles. The predicted octanol–water partition coefficient (Wildman–Crippen LogP) is 4.47. The van der Waals surface area contributed by atoms with Crippen molar-refractivity contribution >= 4 is 28.9 Å². The highest BCUT2D eigenvalue weighted by Crippen LogP contribution is 2.34. The van der Waals surface area contributed by atoms with E-state index in [1.807, 2.05) is 12.1 Å². The standard InChI is InChI=1S/C15H21Cl2NO/c1-14(2)9-18(10-15(3,4)19-14)13-6-5-12(17)7-11(13)8-16/h5-7H,8-10H2,1-4H3. The number of rotatable bonds is 2. The highest BCUT2D eigenvalue weighted by Gasteiger charge is 2.38. The first-order valence-corrected chi connectivity index (χ1v) is 7.43. The third-order valence-electron chi connectivity index (χ3n) is 3.22. The highest BCUT2D eigenvalue weighted by molar-refractivity contribution is 6.30. The fraction of sp³-hybridized carbons (Fsp3) is 0.600. The molecule has 4 heteroatoms. The topological polar surface area (TPSA) is 12.5 Å². The molecule has 1 aliphatic heterocycles. The van der Waals surface area contributed by atoms with Crippen molar-refractivity contribution in [3.63, 3.8) is 0 Å². The Kier molecular flexibility index (Phi) is 4.06. The zero-order valence-electron chi connectivity index (χ0n) is 12.0. The zero-order valence-corrected chi connectivity index (χ0v) is 13.5. The molecule has 0 bridgehead atoms. The van der Waals surface area contributed by atoms with E-state index in [0.717, 1.165) is 29.4 Å². The van der Waals surface area contributed by atoms with E-state index in [2.05, 4.69) is 38.7 Å². The second-order valence-electron chi connectivity index (χ2n) is 6.38. The summed E-state index contributed by atoms with van der Waals surface area (Å²) in [6, 6.07) is 5.92. The molecule has 0 radical (unpaired) electrons. The first-order valence-electron chi connectivity index (χ1n) is 6.52. The zero-order chi connectivity index (χ0) is 14.3. The van der Waals surface area contributed by atoms with Gasteiger partial charge in [0, 0.05) is 29.7 Å². The average Bonchev–Trinajstić information content (AvgIpc) is 2.24. The van der Waals surface area contributed by atoms with Gasteiger partial charge in [-0.1, -0.05) is 11.6 Å². The van der Waals surface area contributed by atoms with Crippen LogP contribution in [0.2, 0.25) is 5.02 Å². The molecule has 1 aliphatic rings. The fourth-order valence-corrected chi connectivity index (χ4v) is 3.34. The van der Waals surface area contributed by atoms with Crippen molar-refractivity contribution in [2.24, 2.45) is 0 Å². The summed E-state index contributed by atoms with van der Waals surface area (Å²) in [5.41, 5.74) is 1.88. The molecule has 1 heterocycles. The van der Waals surface area contributed by atoms with Crippen LogP contribution in [0.3, 0.4) is 0 Å². The van der Waals surface area contributed by atoms with Crippen LogP contribution < -0.4 is 4.90 Å². The molecular formula is C15H21Cl2NO. The lowest BCUT2D eigenvalue weighted by Gasteiger charge is -2.48. The largest absolute Gasteiger partial charge is 0.366 e. The molecule has 106 valence electrons. The normalized spacial score (nSPS) is 21.5. The number of benzene rings is 1. The first kappa shape index (κ1) is 15.0. The van der Waals surface area contributed by atoms with Gasteiger partial charge in [0.25, 0.3) is 0 Å². The van der Waals surface area contributed by atoms with E-state index in [0.29, 0.717) is 5.88 Å². The Morgan fingerprint density at radius 2 is 1.74 bits per heavy atom. The van der Waals surface area contributed by atoms with Crippen molar-refractivity contribution in [3.8, 4) is 0 Å². The lowest BCUT2D eigenvalue weighted by Crippen LogP contribution is -2.57. The van der Waals surface area contributed by atoms with Crippen LogP contribution in [-0.4, -0.2) is 24.3 Å². The SMILES string of the molecule is CC1(C)CN(c2ccc(Cl)cc2CCl)CC(C)(C)O1. The van der Waals surface area contributed by atoms with Gasteiger partial charge in [-0.05, 0) is 51.5 Å².